The molecule has 1 saturated heterocycles. The zero-order chi connectivity index (χ0) is 19.8. The Hall–Kier alpha value is -2.54. The molecule has 0 spiro atoms. The van der Waals surface area contributed by atoms with Crippen LogP contribution in [0.3, 0.4) is 0 Å². The molecule has 0 amide bonds. The lowest BCUT2D eigenvalue weighted by atomic mass is 10.2. The summed E-state index contributed by atoms with van der Waals surface area (Å²) in [4.78, 5) is 6.73. The van der Waals surface area contributed by atoms with Gasteiger partial charge in [-0.3, -0.25) is 9.89 Å². The molecular weight excluding hydrogens is 359 g/mol. The largest absolute Gasteiger partial charge is 0.489 e. The Morgan fingerprint density at radius 1 is 1.21 bits per heavy atom. The van der Waals surface area contributed by atoms with Crippen LogP contribution in [0.15, 0.2) is 52.1 Å². The van der Waals surface area contributed by atoms with Crippen LogP contribution in [0, 0.1) is 5.82 Å². The van der Waals surface area contributed by atoms with Crippen molar-refractivity contribution in [2.24, 2.45) is 4.99 Å². The van der Waals surface area contributed by atoms with Crippen LogP contribution in [0.25, 0.3) is 0 Å². The second kappa shape index (κ2) is 10.1. The predicted molar refractivity (Wildman–Crippen MR) is 108 cm³/mol. The van der Waals surface area contributed by atoms with E-state index in [1.807, 2.05) is 19.1 Å². The van der Waals surface area contributed by atoms with Crippen LogP contribution < -0.4 is 15.4 Å². The summed E-state index contributed by atoms with van der Waals surface area (Å²) >= 11 is 0. The second-order valence-corrected chi connectivity index (χ2v) is 6.99. The molecule has 1 aromatic heterocycles. The molecule has 2 heterocycles. The van der Waals surface area contributed by atoms with Gasteiger partial charge < -0.3 is 19.8 Å². The van der Waals surface area contributed by atoms with Crippen molar-refractivity contribution in [1.82, 2.24) is 15.5 Å². The Balaban J connectivity index is 1.49. The molecule has 0 radical (unpaired) electrons. The highest BCUT2D eigenvalue weighted by molar-refractivity contribution is 5.79. The van der Waals surface area contributed by atoms with Gasteiger partial charge in [-0.25, -0.2) is 4.39 Å². The molecule has 7 heteroatoms. The standard InChI is InChI=1S/C21H29FN4O2/c1-16(28-18-8-5-7-17(22)13-18)14-24-21(23-2)25-15-19(20-9-6-12-27-20)26-10-3-4-11-26/h5-9,12-13,16,19H,3-4,10-11,14-15H2,1-2H3,(H2,23,24,25). The number of ether oxygens (including phenoxy) is 1. The fourth-order valence-corrected chi connectivity index (χ4v) is 3.41. The third-order valence-electron chi connectivity index (χ3n) is 4.83. The Bertz CT molecular complexity index is 745. The number of furan rings is 1. The van der Waals surface area contributed by atoms with Crippen LogP contribution in [0.2, 0.25) is 0 Å². The van der Waals surface area contributed by atoms with Crippen LogP contribution in [-0.2, 0) is 0 Å². The van der Waals surface area contributed by atoms with E-state index in [0.717, 1.165) is 18.8 Å². The van der Waals surface area contributed by atoms with Crippen LogP contribution in [0.4, 0.5) is 4.39 Å². The molecule has 152 valence electrons. The maximum Gasteiger partial charge on any atom is 0.191 e. The number of likely N-dealkylation sites (tertiary alicyclic amines) is 1. The van der Waals surface area contributed by atoms with Gasteiger partial charge in [-0.2, -0.15) is 0 Å². The van der Waals surface area contributed by atoms with Gasteiger partial charge in [0, 0.05) is 19.7 Å². The van der Waals surface area contributed by atoms with E-state index in [0.29, 0.717) is 24.8 Å². The van der Waals surface area contributed by atoms with Gasteiger partial charge in [0.05, 0.1) is 18.8 Å². The van der Waals surface area contributed by atoms with E-state index in [9.17, 15) is 4.39 Å². The fraction of sp³-hybridized carbons (Fsp3) is 0.476. The van der Waals surface area contributed by atoms with Gasteiger partial charge in [0.25, 0.3) is 0 Å². The van der Waals surface area contributed by atoms with Gasteiger partial charge in [-0.1, -0.05) is 6.07 Å². The summed E-state index contributed by atoms with van der Waals surface area (Å²) in [5.41, 5.74) is 0. The summed E-state index contributed by atoms with van der Waals surface area (Å²) < 4.78 is 24.7. The van der Waals surface area contributed by atoms with Crippen molar-refractivity contribution in [3.05, 3.63) is 54.2 Å². The van der Waals surface area contributed by atoms with Gasteiger partial charge in [-0.05, 0) is 57.1 Å². The third-order valence-corrected chi connectivity index (χ3v) is 4.83. The molecule has 1 fully saturated rings. The monoisotopic (exact) mass is 388 g/mol. The van der Waals surface area contributed by atoms with E-state index >= 15 is 0 Å². The molecule has 28 heavy (non-hydrogen) atoms. The zero-order valence-corrected chi connectivity index (χ0v) is 16.5. The molecular formula is C21H29FN4O2. The van der Waals surface area contributed by atoms with E-state index in [1.165, 1.54) is 25.0 Å². The average molecular weight is 388 g/mol. The fourth-order valence-electron chi connectivity index (χ4n) is 3.41. The highest BCUT2D eigenvalue weighted by Crippen LogP contribution is 2.24. The lowest BCUT2D eigenvalue weighted by Crippen LogP contribution is -2.45. The number of rotatable bonds is 8. The minimum absolute atomic E-state index is 0.139. The van der Waals surface area contributed by atoms with E-state index < -0.39 is 0 Å². The lowest BCUT2D eigenvalue weighted by molar-refractivity contribution is 0.213. The maximum atomic E-state index is 13.3. The SMILES string of the molecule is CN=C(NCC(C)Oc1cccc(F)c1)NCC(c1ccco1)N1CCCC1. The highest BCUT2D eigenvalue weighted by Gasteiger charge is 2.25. The molecule has 1 aliphatic rings. The van der Waals surface area contributed by atoms with E-state index in [2.05, 4.69) is 20.5 Å². The van der Waals surface area contributed by atoms with Crippen molar-refractivity contribution < 1.29 is 13.5 Å². The molecule has 3 rings (SSSR count). The lowest BCUT2D eigenvalue weighted by Gasteiger charge is -2.27. The van der Waals surface area contributed by atoms with E-state index in [1.54, 1.807) is 25.4 Å². The molecule has 0 bridgehead atoms. The first kappa shape index (κ1) is 20.2. The number of nitrogens with one attached hydrogen (secondary N) is 2. The number of hydrogen-bond donors (Lipinski definition) is 2. The van der Waals surface area contributed by atoms with Crippen molar-refractivity contribution in [3.8, 4) is 5.75 Å². The molecule has 2 N–H and O–H groups in total. The van der Waals surface area contributed by atoms with Crippen LogP contribution in [0.5, 0.6) is 5.75 Å². The van der Waals surface area contributed by atoms with Crippen molar-refractivity contribution in [2.75, 3.05) is 33.2 Å². The van der Waals surface area contributed by atoms with Crippen molar-refractivity contribution in [2.45, 2.75) is 31.9 Å². The summed E-state index contributed by atoms with van der Waals surface area (Å²) in [6.45, 7) is 5.34. The van der Waals surface area contributed by atoms with Gasteiger partial charge in [0.15, 0.2) is 5.96 Å². The summed E-state index contributed by atoms with van der Waals surface area (Å²) in [5, 5.41) is 6.65. The van der Waals surface area contributed by atoms with Gasteiger partial charge in [0.2, 0.25) is 0 Å². The molecule has 2 unspecified atom stereocenters. The van der Waals surface area contributed by atoms with Crippen molar-refractivity contribution in [1.29, 1.82) is 0 Å². The Morgan fingerprint density at radius 3 is 2.68 bits per heavy atom. The molecule has 1 aliphatic heterocycles. The quantitative estimate of drug-likeness (QED) is 0.537. The number of guanidine groups is 1. The van der Waals surface area contributed by atoms with E-state index in [4.69, 9.17) is 9.15 Å². The van der Waals surface area contributed by atoms with Crippen molar-refractivity contribution >= 4 is 5.96 Å². The third kappa shape index (κ3) is 5.73. The summed E-state index contributed by atoms with van der Waals surface area (Å²) in [7, 11) is 1.74. The topological polar surface area (TPSA) is 62.0 Å². The first-order valence-electron chi connectivity index (χ1n) is 9.80. The van der Waals surface area contributed by atoms with E-state index in [-0.39, 0.29) is 18.0 Å². The van der Waals surface area contributed by atoms with Gasteiger partial charge in [0.1, 0.15) is 23.4 Å². The molecule has 2 atom stereocenters. The minimum Gasteiger partial charge on any atom is -0.489 e. The average Bonchev–Trinajstić information content (AvgIpc) is 3.39. The van der Waals surface area contributed by atoms with Crippen molar-refractivity contribution in [3.63, 3.8) is 0 Å². The Morgan fingerprint density at radius 2 is 2.00 bits per heavy atom. The van der Waals surface area contributed by atoms with Gasteiger partial charge >= 0.3 is 0 Å². The molecule has 1 aromatic carbocycles. The Kier molecular flexibility index (Phi) is 7.31. The summed E-state index contributed by atoms with van der Waals surface area (Å²) in [6.07, 6.45) is 4.02. The highest BCUT2D eigenvalue weighted by atomic mass is 19.1. The maximum absolute atomic E-state index is 13.3. The molecule has 2 aromatic rings. The minimum atomic E-state index is -0.305. The number of aliphatic imine (C=N–C) groups is 1. The first-order valence-corrected chi connectivity index (χ1v) is 9.80. The molecule has 6 nitrogen and oxygen atoms in total. The second-order valence-electron chi connectivity index (χ2n) is 6.99. The zero-order valence-electron chi connectivity index (χ0n) is 16.5. The summed E-state index contributed by atoms with van der Waals surface area (Å²) in [6, 6.07) is 10.3. The number of halogens is 1. The summed E-state index contributed by atoms with van der Waals surface area (Å²) in [5.74, 6) is 1.88. The number of benzene rings is 1. The number of nitrogens with zero attached hydrogens (tertiary/aromatic N) is 2. The molecule has 0 saturated carbocycles. The Labute approximate surface area is 165 Å². The van der Waals surface area contributed by atoms with Crippen LogP contribution in [0.1, 0.15) is 31.6 Å². The molecule has 0 aliphatic carbocycles. The first-order chi connectivity index (χ1) is 13.7. The predicted octanol–water partition coefficient (Wildman–Crippen LogP) is 3.19. The van der Waals surface area contributed by atoms with Crippen LogP contribution in [-0.4, -0.2) is 50.2 Å². The van der Waals surface area contributed by atoms with Crippen LogP contribution >= 0.6 is 0 Å². The van der Waals surface area contributed by atoms with Gasteiger partial charge in [-0.15, -0.1) is 0 Å². The normalized spacial score (nSPS) is 17.3. The number of hydrogen-bond acceptors (Lipinski definition) is 4. The smallest absolute Gasteiger partial charge is 0.191 e.